The van der Waals surface area contributed by atoms with Crippen LogP contribution in [0.25, 0.3) is 0 Å². The third-order valence-corrected chi connectivity index (χ3v) is 2.02. The van der Waals surface area contributed by atoms with Gasteiger partial charge in [-0.3, -0.25) is 4.79 Å². The Bertz CT molecular complexity index is 443. The molecule has 7 heteroatoms. The Morgan fingerprint density at radius 2 is 1.89 bits per heavy atom. The molecule has 0 radical (unpaired) electrons. The van der Waals surface area contributed by atoms with Crippen LogP contribution in [-0.4, -0.2) is 31.6 Å². The van der Waals surface area contributed by atoms with Crippen LogP contribution in [0.5, 0.6) is 0 Å². The number of alkyl halides is 3. The van der Waals surface area contributed by atoms with Gasteiger partial charge >= 0.3 is 12.1 Å². The molecule has 1 aromatic rings. The van der Waals surface area contributed by atoms with E-state index in [-0.39, 0.29) is 5.71 Å². The second-order valence-electron chi connectivity index (χ2n) is 3.54. The largest absolute Gasteiger partial charge is 0.456 e. The van der Waals surface area contributed by atoms with Gasteiger partial charge in [-0.1, -0.05) is 35.5 Å². The van der Waals surface area contributed by atoms with Crippen molar-refractivity contribution in [3.63, 3.8) is 0 Å². The Morgan fingerprint density at radius 3 is 2.42 bits per heavy atom. The van der Waals surface area contributed by atoms with Crippen molar-refractivity contribution < 1.29 is 27.5 Å². The molecule has 0 saturated carbocycles. The van der Waals surface area contributed by atoms with Gasteiger partial charge in [0.25, 0.3) is 0 Å². The SMILES string of the molecule is CO/N=C(\CC(=O)OCC(F)(F)F)c1ccccc1. The van der Waals surface area contributed by atoms with Gasteiger partial charge in [-0.2, -0.15) is 13.2 Å². The first kappa shape index (κ1) is 15.0. The highest BCUT2D eigenvalue weighted by Crippen LogP contribution is 2.15. The Morgan fingerprint density at radius 1 is 1.26 bits per heavy atom. The molecule has 4 nitrogen and oxygen atoms in total. The molecule has 104 valence electrons. The van der Waals surface area contributed by atoms with Crippen molar-refractivity contribution in [2.75, 3.05) is 13.7 Å². The third-order valence-electron chi connectivity index (χ3n) is 2.02. The first-order valence-electron chi connectivity index (χ1n) is 5.30. The minimum absolute atomic E-state index is 0.204. The van der Waals surface area contributed by atoms with Crippen LogP contribution in [0.2, 0.25) is 0 Å². The molecule has 0 saturated heterocycles. The summed E-state index contributed by atoms with van der Waals surface area (Å²) in [5, 5.41) is 3.61. The van der Waals surface area contributed by atoms with Gasteiger partial charge < -0.3 is 9.57 Å². The fraction of sp³-hybridized carbons (Fsp3) is 0.333. The lowest BCUT2D eigenvalue weighted by atomic mass is 10.1. The van der Waals surface area contributed by atoms with Gasteiger partial charge in [0.05, 0.1) is 12.1 Å². The Hall–Kier alpha value is -2.05. The van der Waals surface area contributed by atoms with Gasteiger partial charge in [-0.25, -0.2) is 0 Å². The minimum atomic E-state index is -4.54. The van der Waals surface area contributed by atoms with Crippen molar-refractivity contribution in [1.29, 1.82) is 0 Å². The van der Waals surface area contributed by atoms with E-state index in [1.165, 1.54) is 7.11 Å². The number of ether oxygens (including phenoxy) is 1. The normalized spacial score (nSPS) is 12.1. The fourth-order valence-corrected chi connectivity index (χ4v) is 1.28. The number of esters is 1. The summed E-state index contributed by atoms with van der Waals surface area (Å²) in [6.45, 7) is -1.61. The molecule has 0 atom stereocenters. The minimum Gasteiger partial charge on any atom is -0.456 e. The van der Waals surface area contributed by atoms with Crippen molar-refractivity contribution in [2.24, 2.45) is 5.16 Å². The van der Waals surface area contributed by atoms with E-state index in [4.69, 9.17) is 0 Å². The lowest BCUT2D eigenvalue weighted by Gasteiger charge is -2.09. The number of carbonyl (C=O) groups is 1. The van der Waals surface area contributed by atoms with Crippen molar-refractivity contribution in [2.45, 2.75) is 12.6 Å². The van der Waals surface area contributed by atoms with Crippen LogP contribution >= 0.6 is 0 Å². The number of halogens is 3. The monoisotopic (exact) mass is 275 g/mol. The molecule has 0 fully saturated rings. The number of hydrogen-bond donors (Lipinski definition) is 0. The first-order valence-corrected chi connectivity index (χ1v) is 5.30. The predicted octanol–water partition coefficient (Wildman–Crippen LogP) is 2.53. The summed E-state index contributed by atoms with van der Waals surface area (Å²) in [6, 6.07) is 8.50. The molecule has 0 aliphatic heterocycles. The topological polar surface area (TPSA) is 47.9 Å². The second kappa shape index (κ2) is 6.77. The van der Waals surface area contributed by atoms with Gasteiger partial charge in [0.2, 0.25) is 0 Å². The summed E-state index contributed by atoms with van der Waals surface area (Å²) >= 11 is 0. The zero-order valence-corrected chi connectivity index (χ0v) is 10.1. The number of benzene rings is 1. The highest BCUT2D eigenvalue weighted by Gasteiger charge is 2.29. The molecule has 19 heavy (non-hydrogen) atoms. The Balaban J connectivity index is 2.66. The maximum absolute atomic E-state index is 11.9. The molecular formula is C12H12F3NO3. The highest BCUT2D eigenvalue weighted by molar-refractivity contribution is 6.09. The smallest absolute Gasteiger partial charge is 0.422 e. The highest BCUT2D eigenvalue weighted by atomic mass is 19.4. The van der Waals surface area contributed by atoms with Crippen molar-refractivity contribution in [3.8, 4) is 0 Å². The molecule has 0 aliphatic carbocycles. The molecule has 0 spiro atoms. The number of nitrogens with zero attached hydrogens (tertiary/aromatic N) is 1. The molecule has 1 rings (SSSR count). The van der Waals surface area contributed by atoms with Crippen LogP contribution in [0, 0.1) is 0 Å². The number of rotatable bonds is 5. The van der Waals surface area contributed by atoms with E-state index in [1.807, 2.05) is 0 Å². The summed E-state index contributed by atoms with van der Waals surface area (Å²) in [5.74, 6) is -1.02. The standard InChI is InChI=1S/C12H12F3NO3/c1-18-16-10(9-5-3-2-4-6-9)7-11(17)19-8-12(13,14)15/h2-6H,7-8H2,1H3/b16-10+. The van der Waals surface area contributed by atoms with E-state index in [0.717, 1.165) is 0 Å². The molecule has 0 aromatic heterocycles. The second-order valence-corrected chi connectivity index (χ2v) is 3.54. The lowest BCUT2D eigenvalue weighted by Crippen LogP contribution is -2.22. The van der Waals surface area contributed by atoms with Gasteiger partial charge in [0.1, 0.15) is 7.11 Å². The molecule has 0 aliphatic rings. The molecule has 0 N–H and O–H groups in total. The van der Waals surface area contributed by atoms with Crippen molar-refractivity contribution in [3.05, 3.63) is 35.9 Å². The van der Waals surface area contributed by atoms with E-state index in [0.29, 0.717) is 5.56 Å². The number of carbonyl (C=O) groups excluding carboxylic acids is 1. The van der Waals surface area contributed by atoms with E-state index in [1.54, 1.807) is 30.3 Å². The summed E-state index contributed by atoms with van der Waals surface area (Å²) in [5.41, 5.74) is 0.781. The van der Waals surface area contributed by atoms with E-state index in [9.17, 15) is 18.0 Å². The zero-order chi connectivity index (χ0) is 14.3. The van der Waals surface area contributed by atoms with E-state index in [2.05, 4.69) is 14.7 Å². The summed E-state index contributed by atoms with van der Waals surface area (Å²) in [6.07, 6.45) is -4.94. The lowest BCUT2D eigenvalue weighted by molar-refractivity contribution is -0.185. The van der Waals surface area contributed by atoms with Crippen LogP contribution in [-0.2, 0) is 14.4 Å². The van der Waals surface area contributed by atoms with Crippen LogP contribution in [0.15, 0.2) is 35.5 Å². The number of hydrogen-bond acceptors (Lipinski definition) is 4. The summed E-state index contributed by atoms with van der Waals surface area (Å²) < 4.78 is 39.8. The number of oxime groups is 1. The zero-order valence-electron chi connectivity index (χ0n) is 10.1. The van der Waals surface area contributed by atoms with E-state index >= 15 is 0 Å². The fourth-order valence-electron chi connectivity index (χ4n) is 1.28. The van der Waals surface area contributed by atoms with Gasteiger partial charge in [-0.05, 0) is 5.56 Å². The molecule has 0 heterocycles. The van der Waals surface area contributed by atoms with Crippen LogP contribution in [0.4, 0.5) is 13.2 Å². The van der Waals surface area contributed by atoms with Gasteiger partial charge in [0.15, 0.2) is 6.61 Å². The molecule has 1 aromatic carbocycles. The average molecular weight is 275 g/mol. The molecular weight excluding hydrogens is 263 g/mol. The Kier molecular flexibility index (Phi) is 5.35. The summed E-state index contributed by atoms with van der Waals surface area (Å²) in [7, 11) is 1.28. The quantitative estimate of drug-likeness (QED) is 0.471. The van der Waals surface area contributed by atoms with Crippen LogP contribution in [0.1, 0.15) is 12.0 Å². The molecule has 0 bridgehead atoms. The van der Waals surface area contributed by atoms with Gasteiger partial charge in [-0.15, -0.1) is 0 Å². The molecule has 0 unspecified atom stereocenters. The first-order chi connectivity index (χ1) is 8.92. The maximum atomic E-state index is 11.9. The van der Waals surface area contributed by atoms with Crippen molar-refractivity contribution >= 4 is 11.7 Å². The molecule has 0 amide bonds. The Labute approximate surface area is 107 Å². The maximum Gasteiger partial charge on any atom is 0.422 e. The van der Waals surface area contributed by atoms with Crippen molar-refractivity contribution in [1.82, 2.24) is 0 Å². The van der Waals surface area contributed by atoms with Gasteiger partial charge in [0, 0.05) is 0 Å². The average Bonchev–Trinajstić information content (AvgIpc) is 2.36. The van der Waals surface area contributed by atoms with Crippen LogP contribution < -0.4 is 0 Å². The third kappa shape index (κ3) is 5.89. The van der Waals surface area contributed by atoms with Crippen LogP contribution in [0.3, 0.4) is 0 Å². The summed E-state index contributed by atoms with van der Waals surface area (Å²) in [4.78, 5) is 15.9. The van der Waals surface area contributed by atoms with E-state index < -0.39 is 25.2 Å². The predicted molar refractivity (Wildman–Crippen MR) is 61.6 cm³/mol.